The van der Waals surface area contributed by atoms with Gasteiger partial charge in [-0.1, -0.05) is 6.92 Å². The minimum Gasteiger partial charge on any atom is -0.494 e. The average Bonchev–Trinajstić information content (AvgIpc) is 2.73. The fourth-order valence-electron chi connectivity index (χ4n) is 3.60. The maximum Gasteiger partial charge on any atom is 0.199 e. The Bertz CT molecular complexity index is 950. The average molecular weight is 365 g/mol. The maximum atomic E-state index is 14.3. The molecular weight excluding hydrogens is 345 g/mol. The highest BCUT2D eigenvalue weighted by Gasteiger charge is 2.29. The fraction of sp³-hybridized carbons (Fsp3) is 0.300. The predicted molar refractivity (Wildman–Crippen MR) is 100 cm³/mol. The number of hydrogen-bond acceptors (Lipinski definition) is 6. The van der Waals surface area contributed by atoms with Crippen LogP contribution in [0.3, 0.4) is 0 Å². The molecule has 0 saturated carbocycles. The van der Waals surface area contributed by atoms with Crippen molar-refractivity contribution in [3.05, 3.63) is 59.8 Å². The van der Waals surface area contributed by atoms with Crippen LogP contribution in [0.1, 0.15) is 30.5 Å². The molecule has 1 unspecified atom stereocenters. The van der Waals surface area contributed by atoms with E-state index < -0.39 is 0 Å². The van der Waals surface area contributed by atoms with Gasteiger partial charge in [-0.25, -0.2) is 24.3 Å². The van der Waals surface area contributed by atoms with Crippen LogP contribution in [0.5, 0.6) is 5.75 Å². The van der Waals surface area contributed by atoms with Crippen LogP contribution in [0, 0.1) is 5.82 Å². The Balaban J connectivity index is 1.72. The van der Waals surface area contributed by atoms with Gasteiger partial charge in [-0.2, -0.15) is 0 Å². The standard InChI is InChI=1S/C20H20FN5O/c1-3-16-14-12-15(21)17(27-2)11-13(14)6-10-26(16)18-5-9-24-20(25-18)19-22-7-4-8-23-19/h4-5,7-9,11-12,16H,3,6,10H2,1-2H3. The molecule has 0 fully saturated rings. The maximum absolute atomic E-state index is 14.3. The molecule has 1 aromatic carbocycles. The van der Waals surface area contributed by atoms with Crippen molar-refractivity contribution in [2.24, 2.45) is 0 Å². The highest BCUT2D eigenvalue weighted by molar-refractivity contribution is 5.53. The topological polar surface area (TPSA) is 64.0 Å². The molecule has 1 aliphatic heterocycles. The van der Waals surface area contributed by atoms with E-state index in [1.807, 2.05) is 12.1 Å². The summed E-state index contributed by atoms with van der Waals surface area (Å²) < 4.78 is 19.4. The largest absolute Gasteiger partial charge is 0.494 e. The highest BCUT2D eigenvalue weighted by atomic mass is 19.1. The molecule has 1 atom stereocenters. The molecule has 0 amide bonds. The Kier molecular flexibility index (Phi) is 4.66. The zero-order chi connectivity index (χ0) is 18.8. The van der Waals surface area contributed by atoms with Crippen molar-refractivity contribution in [1.82, 2.24) is 19.9 Å². The van der Waals surface area contributed by atoms with Gasteiger partial charge in [0.1, 0.15) is 5.82 Å². The van der Waals surface area contributed by atoms with E-state index in [0.717, 1.165) is 36.3 Å². The molecule has 0 N–H and O–H groups in total. The Morgan fingerprint density at radius 3 is 2.67 bits per heavy atom. The molecule has 4 rings (SSSR count). The first kappa shape index (κ1) is 17.3. The first-order valence-corrected chi connectivity index (χ1v) is 8.94. The van der Waals surface area contributed by atoms with Crippen molar-refractivity contribution in [2.45, 2.75) is 25.8 Å². The molecule has 7 heteroatoms. The lowest BCUT2D eigenvalue weighted by molar-refractivity contribution is 0.384. The number of hydrogen-bond donors (Lipinski definition) is 0. The minimum atomic E-state index is -0.336. The van der Waals surface area contributed by atoms with Gasteiger partial charge in [-0.3, -0.25) is 0 Å². The quantitative estimate of drug-likeness (QED) is 0.704. The van der Waals surface area contributed by atoms with Gasteiger partial charge in [0.25, 0.3) is 0 Å². The molecule has 0 saturated heterocycles. The first-order chi connectivity index (χ1) is 13.2. The summed E-state index contributed by atoms with van der Waals surface area (Å²) in [6, 6.07) is 7.07. The summed E-state index contributed by atoms with van der Waals surface area (Å²) in [5, 5.41) is 0. The third kappa shape index (κ3) is 3.20. The van der Waals surface area contributed by atoms with E-state index >= 15 is 0 Å². The number of rotatable bonds is 4. The van der Waals surface area contributed by atoms with Crippen LogP contribution >= 0.6 is 0 Å². The van der Waals surface area contributed by atoms with Gasteiger partial charge in [0, 0.05) is 25.1 Å². The molecule has 138 valence electrons. The lowest BCUT2D eigenvalue weighted by Gasteiger charge is -2.38. The van der Waals surface area contributed by atoms with Crippen molar-refractivity contribution in [1.29, 1.82) is 0 Å². The summed E-state index contributed by atoms with van der Waals surface area (Å²) in [7, 11) is 1.49. The van der Waals surface area contributed by atoms with Crippen LogP contribution in [0.15, 0.2) is 42.9 Å². The number of halogens is 1. The summed E-state index contributed by atoms with van der Waals surface area (Å²) in [6.07, 6.45) is 6.68. The van der Waals surface area contributed by atoms with E-state index in [9.17, 15) is 4.39 Å². The SMILES string of the molecule is CCC1c2cc(F)c(OC)cc2CCN1c1ccnc(-c2ncccn2)n1. The molecule has 0 bridgehead atoms. The summed E-state index contributed by atoms with van der Waals surface area (Å²) in [6.45, 7) is 2.88. The second kappa shape index (κ2) is 7.26. The zero-order valence-corrected chi connectivity index (χ0v) is 15.3. The number of benzene rings is 1. The van der Waals surface area contributed by atoms with Crippen molar-refractivity contribution in [2.75, 3.05) is 18.6 Å². The van der Waals surface area contributed by atoms with Gasteiger partial charge in [0.05, 0.1) is 13.2 Å². The predicted octanol–water partition coefficient (Wildman–Crippen LogP) is 3.60. The Labute approximate surface area is 157 Å². The normalized spacial score (nSPS) is 16.1. The number of ether oxygens (including phenoxy) is 1. The van der Waals surface area contributed by atoms with Gasteiger partial charge in [-0.15, -0.1) is 0 Å². The molecule has 0 spiro atoms. The second-order valence-electron chi connectivity index (χ2n) is 6.36. The molecule has 1 aliphatic rings. The van der Waals surface area contributed by atoms with Gasteiger partial charge >= 0.3 is 0 Å². The molecule has 3 aromatic rings. The molecule has 0 radical (unpaired) electrons. The van der Waals surface area contributed by atoms with Gasteiger partial charge < -0.3 is 9.64 Å². The van der Waals surface area contributed by atoms with Crippen LogP contribution < -0.4 is 9.64 Å². The van der Waals surface area contributed by atoms with E-state index in [2.05, 4.69) is 31.8 Å². The summed E-state index contributed by atoms with van der Waals surface area (Å²) in [5.41, 5.74) is 2.11. The number of aromatic nitrogens is 4. The van der Waals surface area contributed by atoms with Crippen molar-refractivity contribution in [3.63, 3.8) is 0 Å². The zero-order valence-electron chi connectivity index (χ0n) is 15.3. The van der Waals surface area contributed by atoms with Crippen LogP contribution in [0.25, 0.3) is 11.6 Å². The molecule has 2 aromatic heterocycles. The van der Waals surface area contributed by atoms with Crippen LogP contribution in [0.2, 0.25) is 0 Å². The Morgan fingerprint density at radius 1 is 1.15 bits per heavy atom. The van der Waals surface area contributed by atoms with Gasteiger partial charge in [-0.05, 0) is 48.2 Å². The minimum absolute atomic E-state index is 0.0357. The number of methoxy groups -OCH3 is 1. The van der Waals surface area contributed by atoms with E-state index in [0.29, 0.717) is 17.4 Å². The lowest BCUT2D eigenvalue weighted by atomic mass is 9.90. The fourth-order valence-corrected chi connectivity index (χ4v) is 3.60. The van der Waals surface area contributed by atoms with Crippen molar-refractivity contribution in [3.8, 4) is 17.4 Å². The first-order valence-electron chi connectivity index (χ1n) is 8.94. The molecule has 6 nitrogen and oxygen atoms in total. The van der Waals surface area contributed by atoms with Gasteiger partial charge in [0.2, 0.25) is 0 Å². The molecular formula is C20H20FN5O. The third-order valence-corrected chi connectivity index (χ3v) is 4.86. The molecule has 0 aliphatic carbocycles. The molecule has 3 heterocycles. The van der Waals surface area contributed by atoms with Gasteiger partial charge in [0.15, 0.2) is 23.2 Å². The Morgan fingerprint density at radius 2 is 1.93 bits per heavy atom. The lowest BCUT2D eigenvalue weighted by Crippen LogP contribution is -2.36. The van der Waals surface area contributed by atoms with Crippen LogP contribution in [-0.4, -0.2) is 33.6 Å². The highest BCUT2D eigenvalue weighted by Crippen LogP contribution is 2.37. The monoisotopic (exact) mass is 365 g/mol. The van der Waals surface area contributed by atoms with E-state index in [1.165, 1.54) is 7.11 Å². The van der Waals surface area contributed by atoms with Crippen molar-refractivity contribution >= 4 is 5.82 Å². The van der Waals surface area contributed by atoms with E-state index in [1.54, 1.807) is 30.7 Å². The number of fused-ring (bicyclic) bond motifs is 1. The Hall–Kier alpha value is -3.09. The summed E-state index contributed by atoms with van der Waals surface area (Å²) >= 11 is 0. The summed E-state index contributed by atoms with van der Waals surface area (Å²) in [4.78, 5) is 19.6. The number of nitrogens with zero attached hydrogens (tertiary/aromatic N) is 5. The smallest absolute Gasteiger partial charge is 0.199 e. The van der Waals surface area contributed by atoms with E-state index in [-0.39, 0.29) is 11.9 Å². The van der Waals surface area contributed by atoms with E-state index in [4.69, 9.17) is 4.74 Å². The second-order valence-corrected chi connectivity index (χ2v) is 6.36. The van der Waals surface area contributed by atoms with Crippen molar-refractivity contribution < 1.29 is 9.13 Å². The summed E-state index contributed by atoms with van der Waals surface area (Å²) in [5.74, 6) is 1.72. The van der Waals surface area contributed by atoms with Crippen LogP contribution in [-0.2, 0) is 6.42 Å². The third-order valence-electron chi connectivity index (χ3n) is 4.86. The molecule has 27 heavy (non-hydrogen) atoms. The van der Waals surface area contributed by atoms with Crippen LogP contribution in [0.4, 0.5) is 10.2 Å². The number of anilines is 1.